The van der Waals surface area contributed by atoms with Gasteiger partial charge in [-0.05, 0) is 86.6 Å². The van der Waals surface area contributed by atoms with Gasteiger partial charge in [0.1, 0.15) is 12.2 Å². The number of carbonyl (C=O) groups is 3. The minimum absolute atomic E-state index is 0.00445. The molecule has 3 rings (SSSR count). The molecule has 1 fully saturated rings. The largest absolute Gasteiger partial charge is 0.457 e. The number of ether oxygens (including phenoxy) is 2. The van der Waals surface area contributed by atoms with Crippen LogP contribution in [0.4, 0.5) is 0 Å². The summed E-state index contributed by atoms with van der Waals surface area (Å²) in [6, 6.07) is 7.18. The second-order valence-electron chi connectivity index (χ2n) is 8.43. The topological polar surface area (TPSA) is 69.7 Å². The predicted molar refractivity (Wildman–Crippen MR) is 126 cm³/mol. The van der Waals surface area contributed by atoms with Gasteiger partial charge in [-0.2, -0.15) is 0 Å². The molecule has 0 N–H and O–H groups in total. The van der Waals surface area contributed by atoms with E-state index in [0.29, 0.717) is 5.56 Å². The second kappa shape index (κ2) is 9.94. The molecule has 1 aliphatic carbocycles. The molecule has 0 radical (unpaired) electrons. The highest BCUT2D eigenvalue weighted by atomic mass is 127. The molecule has 164 valence electrons. The molecule has 0 saturated carbocycles. The van der Waals surface area contributed by atoms with Gasteiger partial charge in [-0.15, -0.1) is 0 Å². The fourth-order valence-corrected chi connectivity index (χ4v) is 4.60. The maximum absolute atomic E-state index is 12.9. The Hall–Kier alpha value is -2.22. The van der Waals surface area contributed by atoms with Crippen molar-refractivity contribution >= 4 is 40.3 Å². The molecule has 0 amide bonds. The van der Waals surface area contributed by atoms with E-state index in [1.165, 1.54) is 11.6 Å². The quantitative estimate of drug-likeness (QED) is 0.280. The van der Waals surface area contributed by atoms with Gasteiger partial charge in [0, 0.05) is 9.99 Å². The van der Waals surface area contributed by atoms with Gasteiger partial charge in [-0.3, -0.25) is 9.59 Å². The van der Waals surface area contributed by atoms with Crippen LogP contribution in [-0.2, 0) is 19.1 Å². The molecular weight excluding hydrogens is 507 g/mol. The highest BCUT2D eigenvalue weighted by molar-refractivity contribution is 14.1. The summed E-state index contributed by atoms with van der Waals surface area (Å²) >= 11 is 2.09. The van der Waals surface area contributed by atoms with E-state index in [-0.39, 0.29) is 18.6 Å². The molecule has 0 bridgehead atoms. The number of ketones is 1. The lowest BCUT2D eigenvalue weighted by atomic mass is 9.69. The van der Waals surface area contributed by atoms with E-state index in [1.807, 2.05) is 25.1 Å². The molecule has 2 aliphatic rings. The molecule has 3 atom stereocenters. The Morgan fingerprint density at radius 1 is 1.26 bits per heavy atom. The van der Waals surface area contributed by atoms with Crippen molar-refractivity contribution in [3.8, 4) is 0 Å². The SMILES string of the molecule is CC(C)=CCC/C(C)=C/[C@H]1OC(=O)C[C@]12C[C@H](OC(=O)c1ccccc1I)C=CC2=O. The molecule has 1 aliphatic heterocycles. The summed E-state index contributed by atoms with van der Waals surface area (Å²) in [5, 5.41) is 0. The normalized spacial score (nSPS) is 25.5. The van der Waals surface area contributed by atoms with Crippen molar-refractivity contribution < 1.29 is 23.9 Å². The van der Waals surface area contributed by atoms with Crippen molar-refractivity contribution in [1.29, 1.82) is 0 Å². The van der Waals surface area contributed by atoms with Gasteiger partial charge in [-0.1, -0.05) is 29.4 Å². The number of cyclic esters (lactones) is 1. The van der Waals surface area contributed by atoms with Crippen LogP contribution in [0.1, 0.15) is 56.8 Å². The third-order valence-corrected chi connectivity index (χ3v) is 6.60. The van der Waals surface area contributed by atoms with Crippen molar-refractivity contribution in [1.82, 2.24) is 0 Å². The second-order valence-corrected chi connectivity index (χ2v) is 9.59. The third-order valence-electron chi connectivity index (χ3n) is 5.66. The predicted octanol–water partition coefficient (Wildman–Crippen LogP) is 5.34. The van der Waals surface area contributed by atoms with Crippen molar-refractivity contribution in [3.63, 3.8) is 0 Å². The third kappa shape index (κ3) is 5.53. The first kappa shape index (κ1) is 23.4. The number of hydrogen-bond acceptors (Lipinski definition) is 5. The number of carbonyl (C=O) groups excluding carboxylic acids is 3. The molecule has 6 heteroatoms. The number of allylic oxidation sites excluding steroid dienone is 4. The van der Waals surface area contributed by atoms with Gasteiger partial charge < -0.3 is 9.47 Å². The van der Waals surface area contributed by atoms with E-state index in [4.69, 9.17) is 9.47 Å². The maximum atomic E-state index is 12.9. The lowest BCUT2D eigenvalue weighted by Crippen LogP contribution is -2.43. The summed E-state index contributed by atoms with van der Waals surface area (Å²) in [7, 11) is 0. The van der Waals surface area contributed by atoms with Crippen molar-refractivity contribution in [2.75, 3.05) is 0 Å². The molecular formula is C25H27IO5. The van der Waals surface area contributed by atoms with Gasteiger partial charge in [0.15, 0.2) is 5.78 Å². The van der Waals surface area contributed by atoms with Crippen molar-refractivity contribution in [2.45, 2.75) is 58.7 Å². The number of rotatable bonds is 6. The average Bonchev–Trinajstić information content (AvgIpc) is 3.00. The molecule has 0 unspecified atom stereocenters. The van der Waals surface area contributed by atoms with Crippen LogP contribution in [0, 0.1) is 8.99 Å². The van der Waals surface area contributed by atoms with Gasteiger partial charge in [0.25, 0.3) is 0 Å². The molecule has 1 aromatic rings. The van der Waals surface area contributed by atoms with E-state index in [0.717, 1.165) is 22.0 Å². The lowest BCUT2D eigenvalue weighted by Gasteiger charge is -2.34. The molecule has 1 heterocycles. The minimum atomic E-state index is -1.03. The fourth-order valence-electron chi connectivity index (χ4n) is 3.99. The number of esters is 2. The van der Waals surface area contributed by atoms with Crippen LogP contribution in [0.15, 0.2) is 59.7 Å². The summed E-state index contributed by atoms with van der Waals surface area (Å²) in [6.07, 6.45) is 7.76. The Balaban J connectivity index is 1.78. The summed E-state index contributed by atoms with van der Waals surface area (Å²) in [5.41, 5.74) is 1.76. The number of halogens is 1. The smallest absolute Gasteiger partial charge is 0.339 e. The highest BCUT2D eigenvalue weighted by Crippen LogP contribution is 2.45. The van der Waals surface area contributed by atoms with E-state index >= 15 is 0 Å². The van der Waals surface area contributed by atoms with Gasteiger partial charge >= 0.3 is 11.9 Å². The Morgan fingerprint density at radius 3 is 2.71 bits per heavy atom. The summed E-state index contributed by atoms with van der Waals surface area (Å²) in [6.45, 7) is 6.09. The van der Waals surface area contributed by atoms with Crippen LogP contribution in [0.5, 0.6) is 0 Å². The van der Waals surface area contributed by atoms with E-state index < -0.39 is 29.6 Å². The van der Waals surface area contributed by atoms with E-state index in [1.54, 1.807) is 18.2 Å². The number of hydrogen-bond donors (Lipinski definition) is 0. The van der Waals surface area contributed by atoms with Gasteiger partial charge in [0.05, 0.1) is 17.4 Å². The monoisotopic (exact) mass is 534 g/mol. The fraction of sp³-hybridized carbons (Fsp3) is 0.400. The molecule has 1 aromatic carbocycles. The zero-order chi connectivity index (χ0) is 22.6. The first-order chi connectivity index (χ1) is 14.7. The first-order valence-corrected chi connectivity index (χ1v) is 11.5. The minimum Gasteiger partial charge on any atom is -0.457 e. The summed E-state index contributed by atoms with van der Waals surface area (Å²) in [4.78, 5) is 37.8. The molecule has 5 nitrogen and oxygen atoms in total. The Labute approximate surface area is 196 Å². The highest BCUT2D eigenvalue weighted by Gasteiger charge is 2.55. The summed E-state index contributed by atoms with van der Waals surface area (Å²) < 4.78 is 12.0. The zero-order valence-corrected chi connectivity index (χ0v) is 20.2. The molecule has 31 heavy (non-hydrogen) atoms. The van der Waals surface area contributed by atoms with Crippen LogP contribution in [0.3, 0.4) is 0 Å². The van der Waals surface area contributed by atoms with E-state index in [9.17, 15) is 14.4 Å². The Morgan fingerprint density at radius 2 is 2.00 bits per heavy atom. The zero-order valence-electron chi connectivity index (χ0n) is 18.0. The van der Waals surface area contributed by atoms with E-state index in [2.05, 4.69) is 42.5 Å². The number of benzene rings is 1. The van der Waals surface area contributed by atoms with Crippen LogP contribution < -0.4 is 0 Å². The van der Waals surface area contributed by atoms with Crippen LogP contribution in [-0.4, -0.2) is 29.9 Å². The summed E-state index contributed by atoms with van der Waals surface area (Å²) in [5.74, 6) is -0.998. The van der Waals surface area contributed by atoms with Crippen molar-refractivity contribution in [3.05, 3.63) is 68.8 Å². The Kier molecular flexibility index (Phi) is 7.51. The van der Waals surface area contributed by atoms with Crippen LogP contribution in [0.2, 0.25) is 0 Å². The van der Waals surface area contributed by atoms with Gasteiger partial charge in [0.2, 0.25) is 0 Å². The van der Waals surface area contributed by atoms with Gasteiger partial charge in [-0.25, -0.2) is 4.79 Å². The first-order valence-electron chi connectivity index (χ1n) is 10.4. The van der Waals surface area contributed by atoms with Crippen LogP contribution >= 0.6 is 22.6 Å². The molecule has 0 aromatic heterocycles. The standard InChI is InChI=1S/C25H27IO5/c1-16(2)7-6-8-17(3)13-22-25(15-23(28)31-22)14-18(11-12-21(25)27)30-24(29)19-9-4-5-10-20(19)26/h4-5,7,9-13,18,22H,6,8,14-15H2,1-3H3/b17-13+/t18-,22-,25+/m1/s1. The molecule has 1 spiro atoms. The van der Waals surface area contributed by atoms with Crippen molar-refractivity contribution in [2.24, 2.45) is 5.41 Å². The average molecular weight is 534 g/mol. The maximum Gasteiger partial charge on any atom is 0.339 e. The molecule has 1 saturated heterocycles. The Bertz CT molecular complexity index is 970. The van der Waals surface area contributed by atoms with Crippen LogP contribution in [0.25, 0.3) is 0 Å². The lowest BCUT2D eigenvalue weighted by molar-refractivity contribution is -0.140.